The minimum atomic E-state index is -4.90. The van der Waals surface area contributed by atoms with Crippen molar-refractivity contribution in [2.45, 2.75) is 12.2 Å². The largest absolute Gasteiger partial charge is 0.454 e. The Morgan fingerprint density at radius 2 is 1.80 bits per heavy atom. The Morgan fingerprint density at radius 3 is 2.42 bits per heavy atom. The lowest BCUT2D eigenvalue weighted by Crippen LogP contribution is -2.55. The molecule has 0 radical (unpaired) electrons. The van der Waals surface area contributed by atoms with Gasteiger partial charge in [-0.05, 0) is 50.5 Å². The van der Waals surface area contributed by atoms with Gasteiger partial charge in [0.25, 0.3) is 0 Å². The first-order valence-electron chi connectivity index (χ1n) is 13.1. The van der Waals surface area contributed by atoms with Crippen LogP contribution < -0.4 is 20.7 Å². The quantitative estimate of drug-likeness (QED) is 0.232. The van der Waals surface area contributed by atoms with E-state index in [-0.39, 0.29) is 79.0 Å². The summed E-state index contributed by atoms with van der Waals surface area (Å²) in [6.45, 7) is 1.55. The number of anilines is 1. The van der Waals surface area contributed by atoms with E-state index in [1.807, 2.05) is 7.05 Å². The maximum atomic E-state index is 15.1. The fraction of sp³-hybridized carbons (Fsp3) is 0.276. The van der Waals surface area contributed by atoms with E-state index >= 15 is 13.2 Å². The summed E-state index contributed by atoms with van der Waals surface area (Å²) in [5.74, 6) is -2.43. The molecule has 0 spiro atoms. The van der Waals surface area contributed by atoms with Crippen molar-refractivity contribution in [2.24, 2.45) is 5.73 Å². The zero-order chi connectivity index (χ0) is 30.0. The fourth-order valence-corrected chi connectivity index (χ4v) is 5.15. The number of primary amides is 1. The summed E-state index contributed by atoms with van der Waals surface area (Å²) in [6, 6.07) is 10.9. The van der Waals surface area contributed by atoms with E-state index in [1.54, 1.807) is 18.0 Å². The first kappa shape index (κ1) is 37.6. The number of rotatable bonds is 8. The molecule has 2 aromatic carbocycles. The van der Waals surface area contributed by atoms with Gasteiger partial charge in [0.2, 0.25) is 5.91 Å². The van der Waals surface area contributed by atoms with E-state index in [4.69, 9.17) is 10.5 Å². The number of alkyl halides is 3. The van der Waals surface area contributed by atoms with Crippen molar-refractivity contribution < 1.29 is 27.1 Å². The average molecular weight is 693 g/mol. The van der Waals surface area contributed by atoms with Crippen LogP contribution in [0.1, 0.15) is 15.9 Å². The molecular formula is C29H32Cl3F4N7O2. The summed E-state index contributed by atoms with van der Waals surface area (Å²) in [5, 5.41) is 10.8. The van der Waals surface area contributed by atoms with Crippen molar-refractivity contribution in [2.75, 3.05) is 45.2 Å². The third kappa shape index (κ3) is 7.97. The summed E-state index contributed by atoms with van der Waals surface area (Å²) >= 11 is 0. The molecule has 5 rings (SSSR count). The Balaban J connectivity index is 0.00000235. The Labute approximate surface area is 276 Å². The smallest absolute Gasteiger partial charge is 0.422 e. The maximum absolute atomic E-state index is 15.1. The fourth-order valence-electron chi connectivity index (χ4n) is 5.15. The van der Waals surface area contributed by atoms with Crippen LogP contribution in [-0.4, -0.2) is 71.9 Å². The number of piperazine rings is 1. The predicted octanol–water partition coefficient (Wildman–Crippen LogP) is 5.59. The van der Waals surface area contributed by atoms with Gasteiger partial charge in [0.05, 0.1) is 35.0 Å². The number of nitrogens with one attached hydrogen (secondary N) is 1. The molecule has 3 N–H and O–H groups in total. The molecule has 1 aliphatic rings. The van der Waals surface area contributed by atoms with Crippen LogP contribution in [0.4, 0.5) is 23.2 Å². The van der Waals surface area contributed by atoms with E-state index in [0.29, 0.717) is 24.3 Å². The van der Waals surface area contributed by atoms with E-state index in [2.05, 4.69) is 20.4 Å². The highest BCUT2D eigenvalue weighted by Gasteiger charge is 2.42. The second-order valence-electron chi connectivity index (χ2n) is 9.95. The number of carbonyl (C=O) groups excluding carboxylic acids is 1. The molecule has 1 aliphatic heterocycles. The van der Waals surface area contributed by atoms with Crippen LogP contribution in [0.3, 0.4) is 0 Å². The highest BCUT2D eigenvalue weighted by atomic mass is 35.5. The second-order valence-corrected chi connectivity index (χ2v) is 9.95. The lowest BCUT2D eigenvalue weighted by molar-refractivity contribution is -0.138. The van der Waals surface area contributed by atoms with Gasteiger partial charge in [-0.25, -0.2) is 4.39 Å². The highest BCUT2D eigenvalue weighted by Crippen LogP contribution is 2.48. The topological polar surface area (TPSA) is 102 Å². The first-order chi connectivity index (χ1) is 20.1. The molecule has 0 bridgehead atoms. The summed E-state index contributed by atoms with van der Waals surface area (Å²) in [4.78, 5) is 15.9. The predicted molar refractivity (Wildman–Crippen MR) is 171 cm³/mol. The van der Waals surface area contributed by atoms with Crippen molar-refractivity contribution in [3.8, 4) is 28.4 Å². The third-order valence-electron chi connectivity index (χ3n) is 7.24. The summed E-state index contributed by atoms with van der Waals surface area (Å²) in [7, 11) is 3.70. The molecule has 3 heterocycles. The minimum Gasteiger partial charge on any atom is -0.454 e. The monoisotopic (exact) mass is 691 g/mol. The number of halogens is 7. The molecule has 1 atom stereocenters. The molecular weight excluding hydrogens is 661 g/mol. The molecule has 1 saturated heterocycles. The molecule has 2 aromatic heterocycles. The van der Waals surface area contributed by atoms with Gasteiger partial charge in [-0.2, -0.15) is 23.4 Å². The van der Waals surface area contributed by atoms with Crippen LogP contribution in [0.15, 0.2) is 67.1 Å². The van der Waals surface area contributed by atoms with Crippen molar-refractivity contribution in [3.05, 3.63) is 84.1 Å². The van der Waals surface area contributed by atoms with Crippen molar-refractivity contribution in [1.29, 1.82) is 0 Å². The Morgan fingerprint density at radius 1 is 1.07 bits per heavy atom. The molecule has 1 fully saturated rings. The van der Waals surface area contributed by atoms with Gasteiger partial charge in [-0.1, -0.05) is 12.1 Å². The SMILES string of the molecule is CNC[C@H]1CN(c2c(-n3cc(C(N)=O)cc3-c3ccnnc3)ccc(Oc3ccccc3F)c2C(F)(F)F)CCN1C.Cl.Cl.Cl. The lowest BCUT2D eigenvalue weighted by atomic mass is 10.0. The number of ether oxygens (including phenoxy) is 1. The molecule has 0 aliphatic carbocycles. The number of hydrogen-bond donors (Lipinski definition) is 2. The number of hydrogen-bond acceptors (Lipinski definition) is 7. The zero-order valence-corrected chi connectivity index (χ0v) is 26.6. The van der Waals surface area contributed by atoms with E-state index < -0.39 is 29.2 Å². The van der Waals surface area contributed by atoms with Gasteiger partial charge in [0.1, 0.15) is 11.3 Å². The molecule has 0 saturated carbocycles. The first-order valence-corrected chi connectivity index (χ1v) is 13.1. The number of aromatic nitrogens is 3. The van der Waals surface area contributed by atoms with E-state index in [1.165, 1.54) is 53.5 Å². The maximum Gasteiger partial charge on any atom is 0.422 e. The van der Waals surface area contributed by atoms with Crippen LogP contribution in [0.25, 0.3) is 16.9 Å². The van der Waals surface area contributed by atoms with Gasteiger partial charge in [0, 0.05) is 44.0 Å². The number of likely N-dealkylation sites (N-methyl/N-ethyl adjacent to an activating group) is 2. The second kappa shape index (κ2) is 15.6. The number of carbonyl (C=O) groups is 1. The van der Waals surface area contributed by atoms with Crippen LogP contribution >= 0.6 is 37.2 Å². The van der Waals surface area contributed by atoms with Crippen molar-refractivity contribution in [1.82, 2.24) is 25.0 Å². The summed E-state index contributed by atoms with van der Waals surface area (Å²) in [5.41, 5.74) is 5.48. The van der Waals surface area contributed by atoms with Crippen LogP contribution in [0.5, 0.6) is 11.5 Å². The van der Waals surface area contributed by atoms with E-state index in [9.17, 15) is 9.18 Å². The molecule has 4 aromatic rings. The van der Waals surface area contributed by atoms with Crippen molar-refractivity contribution in [3.63, 3.8) is 0 Å². The molecule has 1 amide bonds. The molecule has 244 valence electrons. The normalized spacial score (nSPS) is 15.0. The number of para-hydroxylation sites is 1. The van der Waals surface area contributed by atoms with Gasteiger partial charge in [-0.3, -0.25) is 9.69 Å². The number of benzene rings is 2. The summed E-state index contributed by atoms with van der Waals surface area (Å²) in [6.07, 6.45) is -0.621. The molecule has 9 nitrogen and oxygen atoms in total. The van der Waals surface area contributed by atoms with Crippen LogP contribution in [-0.2, 0) is 6.18 Å². The Kier molecular flexibility index (Phi) is 13.0. The average Bonchev–Trinajstić information content (AvgIpc) is 3.41. The highest BCUT2D eigenvalue weighted by molar-refractivity contribution is 5.94. The van der Waals surface area contributed by atoms with Gasteiger partial charge >= 0.3 is 6.18 Å². The van der Waals surface area contributed by atoms with Crippen LogP contribution in [0.2, 0.25) is 0 Å². The molecule has 45 heavy (non-hydrogen) atoms. The van der Waals surface area contributed by atoms with E-state index in [0.717, 1.165) is 12.1 Å². The number of nitrogens with zero attached hydrogens (tertiary/aromatic N) is 5. The number of amides is 1. The van der Waals surface area contributed by atoms with Crippen LogP contribution in [0, 0.1) is 5.82 Å². The third-order valence-corrected chi connectivity index (χ3v) is 7.24. The Bertz CT molecular complexity index is 1590. The minimum absolute atomic E-state index is 0. The van der Waals surface area contributed by atoms with Gasteiger partial charge in [-0.15, -0.1) is 37.2 Å². The number of nitrogens with two attached hydrogens (primary N) is 1. The lowest BCUT2D eigenvalue weighted by Gasteiger charge is -2.42. The summed E-state index contributed by atoms with van der Waals surface area (Å²) < 4.78 is 66.9. The van der Waals surface area contributed by atoms with Gasteiger partial charge < -0.3 is 25.3 Å². The molecule has 16 heteroatoms. The van der Waals surface area contributed by atoms with Gasteiger partial charge in [0.15, 0.2) is 11.6 Å². The standard InChI is InChI=1S/C29H29F4N7O2.3ClH/c1-35-15-20-17-39(12-11-38(20)2)27-22(40-16-19(28(34)41)13-23(40)18-9-10-36-37-14-18)7-8-25(26(27)29(31,32)33)42-24-6-4-3-5-21(24)30;;;/h3-10,13-14,16,20,35H,11-12,15,17H2,1-2H3,(H2,34,41);3*1H/t20-;;;/m0.../s1. The van der Waals surface area contributed by atoms with Crippen molar-refractivity contribution >= 4 is 48.8 Å². The Hall–Kier alpha value is -3.62. The zero-order valence-electron chi connectivity index (χ0n) is 24.1. The molecule has 0 unspecified atom stereocenters.